The molecule has 20 heavy (non-hydrogen) atoms. The SMILES string of the molecule is CCCC(CCC)/C(C)=N/N=C(\C)Cc1ccccc1. The summed E-state index contributed by atoms with van der Waals surface area (Å²) in [6.07, 6.45) is 5.74. The van der Waals surface area contributed by atoms with Gasteiger partial charge in [-0.25, -0.2) is 0 Å². The molecular weight excluding hydrogens is 244 g/mol. The van der Waals surface area contributed by atoms with E-state index in [9.17, 15) is 0 Å². The molecule has 0 radical (unpaired) electrons. The van der Waals surface area contributed by atoms with Gasteiger partial charge in [0.1, 0.15) is 0 Å². The molecule has 1 rings (SSSR count). The van der Waals surface area contributed by atoms with Gasteiger partial charge in [0, 0.05) is 17.8 Å². The van der Waals surface area contributed by atoms with Gasteiger partial charge in [-0.15, -0.1) is 0 Å². The monoisotopic (exact) mass is 272 g/mol. The third-order valence-corrected chi connectivity index (χ3v) is 3.55. The fraction of sp³-hybridized carbons (Fsp3) is 0.556. The van der Waals surface area contributed by atoms with Crippen LogP contribution in [0.2, 0.25) is 0 Å². The minimum atomic E-state index is 0.596. The van der Waals surface area contributed by atoms with Crippen molar-refractivity contribution in [3.05, 3.63) is 35.9 Å². The molecule has 2 heteroatoms. The molecule has 0 saturated heterocycles. The summed E-state index contributed by atoms with van der Waals surface area (Å²) in [4.78, 5) is 0. The minimum absolute atomic E-state index is 0.596. The number of nitrogens with zero attached hydrogens (tertiary/aromatic N) is 2. The van der Waals surface area contributed by atoms with Gasteiger partial charge in [0.2, 0.25) is 0 Å². The Morgan fingerprint density at radius 1 is 0.950 bits per heavy atom. The largest absolute Gasteiger partial charge is 0.160 e. The summed E-state index contributed by atoms with van der Waals surface area (Å²) in [7, 11) is 0. The van der Waals surface area contributed by atoms with Crippen LogP contribution in [-0.4, -0.2) is 11.4 Å². The van der Waals surface area contributed by atoms with Crippen molar-refractivity contribution < 1.29 is 0 Å². The summed E-state index contributed by atoms with van der Waals surface area (Å²) in [5, 5.41) is 8.87. The molecule has 0 heterocycles. The van der Waals surface area contributed by atoms with Crippen molar-refractivity contribution in [1.82, 2.24) is 0 Å². The molecule has 2 nitrogen and oxygen atoms in total. The van der Waals surface area contributed by atoms with Crippen LogP contribution in [0.15, 0.2) is 40.5 Å². The summed E-state index contributed by atoms with van der Waals surface area (Å²) < 4.78 is 0. The molecule has 0 aliphatic rings. The lowest BCUT2D eigenvalue weighted by Gasteiger charge is -2.13. The first-order valence-electron chi connectivity index (χ1n) is 7.78. The zero-order valence-corrected chi connectivity index (χ0v) is 13.4. The first-order valence-corrected chi connectivity index (χ1v) is 7.78. The van der Waals surface area contributed by atoms with Crippen LogP contribution < -0.4 is 0 Å². The second-order valence-corrected chi connectivity index (χ2v) is 5.51. The van der Waals surface area contributed by atoms with E-state index in [1.165, 1.54) is 37.0 Å². The highest BCUT2D eigenvalue weighted by atomic mass is 15.2. The molecule has 0 saturated carbocycles. The summed E-state index contributed by atoms with van der Waals surface area (Å²) >= 11 is 0. The molecule has 0 unspecified atom stereocenters. The van der Waals surface area contributed by atoms with Gasteiger partial charge >= 0.3 is 0 Å². The highest BCUT2D eigenvalue weighted by Gasteiger charge is 2.10. The maximum absolute atomic E-state index is 4.46. The Hall–Kier alpha value is -1.44. The van der Waals surface area contributed by atoms with Crippen molar-refractivity contribution >= 4 is 11.4 Å². The number of benzene rings is 1. The summed E-state index contributed by atoms with van der Waals surface area (Å²) in [5.74, 6) is 0.596. The second kappa shape index (κ2) is 9.46. The predicted molar refractivity (Wildman–Crippen MR) is 89.7 cm³/mol. The standard InChI is InChI=1S/C18H28N2/c1-5-10-18(11-6-2)16(4)20-19-15(3)14-17-12-8-7-9-13-17/h7-9,12-13,18H,5-6,10-11,14H2,1-4H3/b19-15+,20-16+. The van der Waals surface area contributed by atoms with Crippen molar-refractivity contribution in [2.45, 2.75) is 59.8 Å². The van der Waals surface area contributed by atoms with Crippen LogP contribution in [0.4, 0.5) is 0 Å². The predicted octanol–water partition coefficient (Wildman–Crippen LogP) is 5.28. The lowest BCUT2D eigenvalue weighted by molar-refractivity contribution is 0.555. The van der Waals surface area contributed by atoms with Crippen LogP contribution in [0.5, 0.6) is 0 Å². The van der Waals surface area contributed by atoms with Gasteiger partial charge < -0.3 is 0 Å². The van der Waals surface area contributed by atoms with E-state index in [0.29, 0.717) is 5.92 Å². The molecule has 0 spiro atoms. The van der Waals surface area contributed by atoms with E-state index in [0.717, 1.165) is 12.1 Å². The van der Waals surface area contributed by atoms with Crippen LogP contribution in [0.3, 0.4) is 0 Å². The van der Waals surface area contributed by atoms with Crippen LogP contribution in [0.25, 0.3) is 0 Å². The van der Waals surface area contributed by atoms with Gasteiger partial charge in [-0.3, -0.25) is 0 Å². The van der Waals surface area contributed by atoms with Crippen molar-refractivity contribution in [3.8, 4) is 0 Å². The Labute approximate surface area is 124 Å². The Kier molecular flexibility index (Phi) is 7.86. The second-order valence-electron chi connectivity index (χ2n) is 5.51. The van der Waals surface area contributed by atoms with E-state index in [4.69, 9.17) is 0 Å². The summed E-state index contributed by atoms with van der Waals surface area (Å²) in [6, 6.07) is 10.4. The molecule has 0 fully saturated rings. The van der Waals surface area contributed by atoms with Gasteiger partial charge in [-0.1, -0.05) is 57.0 Å². The van der Waals surface area contributed by atoms with E-state index in [1.807, 2.05) is 6.07 Å². The summed E-state index contributed by atoms with van der Waals surface area (Å²) in [6.45, 7) is 8.65. The molecular formula is C18H28N2. The molecule has 0 aliphatic carbocycles. The fourth-order valence-corrected chi connectivity index (χ4v) is 2.43. The van der Waals surface area contributed by atoms with Gasteiger partial charge in [-0.05, 0) is 38.2 Å². The molecule has 0 amide bonds. The van der Waals surface area contributed by atoms with Crippen LogP contribution in [0, 0.1) is 5.92 Å². The summed E-state index contributed by atoms with van der Waals surface area (Å²) in [5.41, 5.74) is 3.55. The topological polar surface area (TPSA) is 24.7 Å². The van der Waals surface area contributed by atoms with Crippen LogP contribution in [0.1, 0.15) is 58.9 Å². The fourth-order valence-electron chi connectivity index (χ4n) is 2.43. The van der Waals surface area contributed by atoms with E-state index in [-0.39, 0.29) is 0 Å². The number of rotatable bonds is 8. The highest BCUT2D eigenvalue weighted by Crippen LogP contribution is 2.15. The van der Waals surface area contributed by atoms with Crippen molar-refractivity contribution in [3.63, 3.8) is 0 Å². The van der Waals surface area contributed by atoms with Crippen molar-refractivity contribution in [2.24, 2.45) is 16.1 Å². The quantitative estimate of drug-likeness (QED) is 0.454. The Morgan fingerprint density at radius 3 is 2.10 bits per heavy atom. The molecule has 0 aliphatic heterocycles. The maximum Gasteiger partial charge on any atom is 0.0418 e. The molecule has 0 bridgehead atoms. The molecule has 0 aromatic heterocycles. The third kappa shape index (κ3) is 6.14. The maximum atomic E-state index is 4.46. The highest BCUT2D eigenvalue weighted by molar-refractivity contribution is 5.87. The average molecular weight is 272 g/mol. The molecule has 0 atom stereocenters. The lowest BCUT2D eigenvalue weighted by Crippen LogP contribution is -2.10. The number of hydrogen-bond donors (Lipinski definition) is 0. The van der Waals surface area contributed by atoms with Gasteiger partial charge in [0.05, 0.1) is 0 Å². The van der Waals surface area contributed by atoms with Crippen LogP contribution >= 0.6 is 0 Å². The zero-order chi connectivity index (χ0) is 14.8. The smallest absolute Gasteiger partial charge is 0.0418 e. The Balaban J connectivity index is 2.64. The zero-order valence-electron chi connectivity index (χ0n) is 13.4. The molecule has 0 N–H and O–H groups in total. The van der Waals surface area contributed by atoms with Gasteiger partial charge in [-0.2, -0.15) is 10.2 Å². The van der Waals surface area contributed by atoms with E-state index in [1.54, 1.807) is 0 Å². The third-order valence-electron chi connectivity index (χ3n) is 3.55. The van der Waals surface area contributed by atoms with E-state index >= 15 is 0 Å². The molecule has 1 aromatic carbocycles. The minimum Gasteiger partial charge on any atom is -0.160 e. The number of hydrogen-bond acceptors (Lipinski definition) is 2. The normalized spacial score (nSPS) is 13.1. The van der Waals surface area contributed by atoms with Gasteiger partial charge in [0.15, 0.2) is 0 Å². The first kappa shape index (κ1) is 16.6. The first-order chi connectivity index (χ1) is 9.67. The Bertz CT molecular complexity index is 426. The average Bonchev–Trinajstić information content (AvgIpc) is 2.45. The van der Waals surface area contributed by atoms with E-state index in [2.05, 4.69) is 62.2 Å². The van der Waals surface area contributed by atoms with E-state index < -0.39 is 0 Å². The van der Waals surface area contributed by atoms with Crippen molar-refractivity contribution in [2.75, 3.05) is 0 Å². The molecule has 1 aromatic rings. The molecule has 110 valence electrons. The Morgan fingerprint density at radius 2 is 1.55 bits per heavy atom. The van der Waals surface area contributed by atoms with Crippen molar-refractivity contribution in [1.29, 1.82) is 0 Å². The lowest BCUT2D eigenvalue weighted by atomic mass is 9.94. The van der Waals surface area contributed by atoms with Crippen LogP contribution in [-0.2, 0) is 6.42 Å². The van der Waals surface area contributed by atoms with Gasteiger partial charge in [0.25, 0.3) is 0 Å².